The van der Waals surface area contributed by atoms with Gasteiger partial charge in [-0.2, -0.15) is 0 Å². The lowest BCUT2D eigenvalue weighted by Gasteiger charge is -2.32. The molecule has 2 aliphatic heterocycles. The van der Waals surface area contributed by atoms with Crippen LogP contribution in [0, 0.1) is 11.6 Å². The molecule has 0 spiro atoms. The van der Waals surface area contributed by atoms with E-state index in [1.807, 2.05) is 24.1 Å². The van der Waals surface area contributed by atoms with Gasteiger partial charge in [-0.25, -0.2) is 18.8 Å². The van der Waals surface area contributed by atoms with E-state index in [1.54, 1.807) is 6.20 Å². The van der Waals surface area contributed by atoms with Crippen LogP contribution in [0.25, 0.3) is 0 Å². The highest BCUT2D eigenvalue weighted by molar-refractivity contribution is 5.94. The molecule has 4 rings (SSSR count). The van der Waals surface area contributed by atoms with Crippen molar-refractivity contribution in [2.24, 2.45) is 4.99 Å². The molecule has 0 aliphatic carbocycles. The van der Waals surface area contributed by atoms with E-state index in [0.717, 1.165) is 44.5 Å². The maximum Gasteiger partial charge on any atom is 0.213 e. The largest absolute Gasteiger partial charge is 0.494 e. The van der Waals surface area contributed by atoms with Crippen LogP contribution in [0.4, 0.5) is 14.5 Å². The zero-order chi connectivity index (χ0) is 27.1. The van der Waals surface area contributed by atoms with Crippen LogP contribution in [-0.2, 0) is 11.3 Å². The van der Waals surface area contributed by atoms with Gasteiger partial charge in [-0.05, 0) is 13.1 Å². The van der Waals surface area contributed by atoms with Gasteiger partial charge in [0.2, 0.25) is 11.8 Å². The van der Waals surface area contributed by atoms with Crippen LogP contribution in [0.3, 0.4) is 0 Å². The average Bonchev–Trinajstić information content (AvgIpc) is 2.92. The summed E-state index contributed by atoms with van der Waals surface area (Å²) in [6.07, 6.45) is 3.19. The minimum atomic E-state index is -0.833. The van der Waals surface area contributed by atoms with Crippen molar-refractivity contribution in [2.45, 2.75) is 6.61 Å². The number of pyridine rings is 1. The van der Waals surface area contributed by atoms with E-state index in [9.17, 15) is 8.78 Å². The molecule has 0 atom stereocenters. The Bertz CT molecular complexity index is 1130. The Hall–Kier alpha value is -3.64. The summed E-state index contributed by atoms with van der Waals surface area (Å²) in [5, 5.41) is 3.20. The zero-order valence-electron chi connectivity index (χ0n) is 22.2. The normalized spacial score (nSPS) is 16.5. The molecule has 12 heteroatoms. The molecule has 0 saturated carbocycles. The van der Waals surface area contributed by atoms with Crippen molar-refractivity contribution in [2.75, 3.05) is 79.5 Å². The smallest absolute Gasteiger partial charge is 0.213 e. The number of guanidine groups is 1. The van der Waals surface area contributed by atoms with Crippen LogP contribution in [0.15, 0.2) is 41.3 Å². The fourth-order valence-corrected chi connectivity index (χ4v) is 4.04. The minimum absolute atomic E-state index is 0.124. The number of nitrogens with zero attached hydrogens (tertiary/aromatic N) is 5. The maximum atomic E-state index is 14.6. The molecule has 0 radical (unpaired) electrons. The molecule has 1 saturated heterocycles. The number of ether oxygens (including phenoxy) is 4. The van der Waals surface area contributed by atoms with Gasteiger partial charge in [-0.15, -0.1) is 0 Å². The van der Waals surface area contributed by atoms with Crippen molar-refractivity contribution in [3.63, 3.8) is 0 Å². The number of methoxy groups -OCH3 is 2. The number of rotatable bonds is 10. The molecule has 1 aromatic carbocycles. The maximum absolute atomic E-state index is 14.6. The molecule has 0 unspecified atom stereocenters. The summed E-state index contributed by atoms with van der Waals surface area (Å²) in [5.41, 5.74) is 0.460. The monoisotopic (exact) mass is 532 g/mol. The first-order valence-corrected chi connectivity index (χ1v) is 12.3. The second-order valence-corrected chi connectivity index (χ2v) is 9.08. The number of nitrogens with one attached hydrogen (secondary N) is 1. The summed E-state index contributed by atoms with van der Waals surface area (Å²) < 4.78 is 50.6. The first-order chi connectivity index (χ1) is 18.4. The molecule has 2 aromatic rings. The Kier molecular flexibility index (Phi) is 9.19. The minimum Gasteiger partial charge on any atom is -0.494 e. The number of likely N-dealkylation sites (N-methyl/N-ethyl adjacent to an activating group) is 2. The molecule has 0 bridgehead atoms. The van der Waals surface area contributed by atoms with E-state index < -0.39 is 11.6 Å². The van der Waals surface area contributed by atoms with Gasteiger partial charge in [-0.1, -0.05) is 0 Å². The third-order valence-corrected chi connectivity index (χ3v) is 6.40. The van der Waals surface area contributed by atoms with Gasteiger partial charge < -0.3 is 34.1 Å². The van der Waals surface area contributed by atoms with Crippen molar-refractivity contribution < 1.29 is 27.7 Å². The summed E-state index contributed by atoms with van der Waals surface area (Å²) in [6.45, 7) is 5.72. The second-order valence-electron chi connectivity index (χ2n) is 9.08. The third-order valence-electron chi connectivity index (χ3n) is 6.40. The number of hydrogen-bond donors (Lipinski definition) is 1. The Morgan fingerprint density at radius 2 is 1.68 bits per heavy atom. The molecular weight excluding hydrogens is 498 g/mol. The van der Waals surface area contributed by atoms with Gasteiger partial charge in [0.15, 0.2) is 23.1 Å². The van der Waals surface area contributed by atoms with Gasteiger partial charge in [0, 0.05) is 51.9 Å². The molecule has 1 fully saturated rings. The van der Waals surface area contributed by atoms with Crippen molar-refractivity contribution in [1.82, 2.24) is 19.7 Å². The van der Waals surface area contributed by atoms with Crippen LogP contribution >= 0.6 is 0 Å². The molecule has 3 heterocycles. The van der Waals surface area contributed by atoms with E-state index in [1.165, 1.54) is 20.4 Å². The lowest BCUT2D eigenvalue weighted by Crippen LogP contribution is -2.45. The van der Waals surface area contributed by atoms with Crippen molar-refractivity contribution in [3.05, 3.63) is 53.6 Å². The Balaban J connectivity index is 1.29. The van der Waals surface area contributed by atoms with Gasteiger partial charge >= 0.3 is 0 Å². The molecular formula is C26H34F2N6O4. The summed E-state index contributed by atoms with van der Waals surface area (Å²) in [7, 11) is 6.56. The molecule has 10 nitrogen and oxygen atoms in total. The number of aromatic nitrogens is 1. The summed E-state index contributed by atoms with van der Waals surface area (Å²) in [6, 6.07) is 4.84. The van der Waals surface area contributed by atoms with Crippen molar-refractivity contribution >= 4 is 11.6 Å². The van der Waals surface area contributed by atoms with Crippen LogP contribution in [0.5, 0.6) is 17.4 Å². The lowest BCUT2D eigenvalue weighted by atomic mass is 10.1. The van der Waals surface area contributed by atoms with Crippen LogP contribution in [0.2, 0.25) is 0 Å². The standard InChI is InChI=1S/C26H34F2N6O4/c1-32-7-9-34(10-8-32)11-12-37-23-6-5-18(14-29-23)31-26-30-15-19(16-33(26)2)38-17-20-24(27)21(35-3)13-22(36-4)25(20)28/h5-6,13-15H,7-12,16-17H2,1-4H3,(H,30,31). The first-order valence-electron chi connectivity index (χ1n) is 12.3. The fraction of sp³-hybridized carbons (Fsp3) is 0.462. The molecule has 2 aliphatic rings. The zero-order valence-corrected chi connectivity index (χ0v) is 22.2. The number of anilines is 1. The second kappa shape index (κ2) is 12.7. The Morgan fingerprint density at radius 1 is 0.974 bits per heavy atom. The number of piperazine rings is 1. The first kappa shape index (κ1) is 27.4. The molecule has 0 amide bonds. The van der Waals surface area contributed by atoms with E-state index in [4.69, 9.17) is 18.9 Å². The van der Waals surface area contributed by atoms with E-state index >= 15 is 0 Å². The van der Waals surface area contributed by atoms with Crippen LogP contribution in [-0.4, -0.2) is 99.8 Å². The van der Waals surface area contributed by atoms with Gasteiger partial charge in [0.1, 0.15) is 19.0 Å². The number of benzene rings is 1. The van der Waals surface area contributed by atoms with E-state index in [-0.39, 0.29) is 23.7 Å². The van der Waals surface area contributed by atoms with E-state index in [0.29, 0.717) is 30.8 Å². The molecule has 1 aromatic heterocycles. The third kappa shape index (κ3) is 6.81. The predicted molar refractivity (Wildman–Crippen MR) is 140 cm³/mol. The average molecular weight is 533 g/mol. The predicted octanol–water partition coefficient (Wildman–Crippen LogP) is 2.77. The Morgan fingerprint density at radius 3 is 2.29 bits per heavy atom. The topological polar surface area (TPSA) is 83.9 Å². The number of hydrogen-bond acceptors (Lipinski definition) is 10. The van der Waals surface area contributed by atoms with Gasteiger partial charge in [-0.3, -0.25) is 4.90 Å². The fourth-order valence-electron chi connectivity index (χ4n) is 4.04. The highest BCUT2D eigenvalue weighted by Gasteiger charge is 2.22. The highest BCUT2D eigenvalue weighted by Crippen LogP contribution is 2.32. The SMILES string of the molecule is COc1cc(OC)c(F)c(COC2=CN=C(Nc3ccc(OCCN4CCN(C)CC4)nc3)N(C)C2)c1F. The summed E-state index contributed by atoms with van der Waals surface area (Å²) in [5.74, 6) is -0.333. The van der Waals surface area contributed by atoms with Crippen LogP contribution < -0.4 is 19.5 Å². The molecule has 38 heavy (non-hydrogen) atoms. The Labute approximate surface area is 221 Å². The quantitative estimate of drug-likeness (QED) is 0.497. The molecule has 1 N–H and O–H groups in total. The van der Waals surface area contributed by atoms with E-state index in [2.05, 4.69) is 32.1 Å². The molecule has 206 valence electrons. The summed E-state index contributed by atoms with van der Waals surface area (Å²) >= 11 is 0. The number of halogens is 2. The van der Waals surface area contributed by atoms with Gasteiger partial charge in [0.05, 0.1) is 44.4 Å². The number of aliphatic imine (C=N–C) groups is 1. The lowest BCUT2D eigenvalue weighted by molar-refractivity contribution is 0.132. The highest BCUT2D eigenvalue weighted by atomic mass is 19.1. The van der Waals surface area contributed by atoms with Crippen LogP contribution in [0.1, 0.15) is 5.56 Å². The van der Waals surface area contributed by atoms with Crippen molar-refractivity contribution in [1.29, 1.82) is 0 Å². The van der Waals surface area contributed by atoms with Gasteiger partial charge in [0.25, 0.3) is 0 Å². The summed E-state index contributed by atoms with van der Waals surface area (Å²) in [4.78, 5) is 15.3. The van der Waals surface area contributed by atoms with Crippen molar-refractivity contribution in [3.8, 4) is 17.4 Å².